The highest BCUT2D eigenvalue weighted by Gasteiger charge is 2.49. The number of hydrogen-bond acceptors (Lipinski definition) is 6. The van der Waals surface area contributed by atoms with Gasteiger partial charge in [0.25, 0.3) is 5.91 Å². The Morgan fingerprint density at radius 3 is 2.43 bits per heavy atom. The quantitative estimate of drug-likeness (QED) is 0.847. The van der Waals surface area contributed by atoms with Gasteiger partial charge in [0.05, 0.1) is 0 Å². The zero-order valence-electron chi connectivity index (χ0n) is 16.0. The molecule has 7 nitrogen and oxygen atoms in total. The Bertz CT molecular complexity index is 948. The molecular formula is C19H21F2N5O2. The molecule has 0 saturated carbocycles. The molecule has 1 aliphatic rings. The van der Waals surface area contributed by atoms with E-state index in [4.69, 9.17) is 5.73 Å². The fourth-order valence-corrected chi connectivity index (χ4v) is 3.17. The molecule has 0 radical (unpaired) electrons. The summed E-state index contributed by atoms with van der Waals surface area (Å²) in [6, 6.07) is 8.02. The molecule has 1 aliphatic heterocycles. The third kappa shape index (κ3) is 3.12. The molecule has 0 bridgehead atoms. The lowest BCUT2D eigenvalue weighted by Crippen LogP contribution is -2.41. The standard InChI is InChI=1S/C19H21F2N5O2/c1-11-9-12(5-6-14(11)28-17(20)21)19(16(27)26(4)18(22)24-19)13-7-8-23-15(10-13)25(2)3/h5-10,17H,1-4H3,(H2,22,24). The van der Waals surface area contributed by atoms with E-state index in [1.807, 2.05) is 14.1 Å². The highest BCUT2D eigenvalue weighted by molar-refractivity contribution is 6.09. The van der Waals surface area contributed by atoms with E-state index >= 15 is 0 Å². The lowest BCUT2D eigenvalue weighted by molar-refractivity contribution is -0.129. The normalized spacial score (nSPS) is 19.2. The Balaban J connectivity index is 2.21. The maximum absolute atomic E-state index is 13.2. The van der Waals surface area contributed by atoms with Crippen LogP contribution in [0.15, 0.2) is 41.5 Å². The van der Waals surface area contributed by atoms with Gasteiger partial charge in [-0.1, -0.05) is 6.07 Å². The van der Waals surface area contributed by atoms with E-state index in [1.165, 1.54) is 18.0 Å². The minimum absolute atomic E-state index is 0.0355. The van der Waals surface area contributed by atoms with Crippen LogP contribution in [-0.4, -0.2) is 49.5 Å². The third-order valence-electron chi connectivity index (χ3n) is 4.67. The molecule has 1 aromatic carbocycles. The van der Waals surface area contributed by atoms with E-state index in [0.29, 0.717) is 22.5 Å². The van der Waals surface area contributed by atoms with Gasteiger partial charge in [-0.3, -0.25) is 9.69 Å². The van der Waals surface area contributed by atoms with Crippen LogP contribution in [0.4, 0.5) is 14.6 Å². The summed E-state index contributed by atoms with van der Waals surface area (Å²) in [6.07, 6.45) is 1.59. The molecule has 148 valence electrons. The van der Waals surface area contributed by atoms with Crippen molar-refractivity contribution in [2.24, 2.45) is 10.7 Å². The number of amides is 1. The second kappa shape index (κ2) is 7.06. The number of rotatable bonds is 5. The second-order valence-corrected chi connectivity index (χ2v) is 6.70. The van der Waals surface area contributed by atoms with E-state index < -0.39 is 12.2 Å². The number of aryl methyl sites for hydroxylation is 1. The first kappa shape index (κ1) is 19.5. The van der Waals surface area contributed by atoms with Gasteiger partial charge in [0, 0.05) is 27.3 Å². The number of nitrogens with zero attached hydrogens (tertiary/aromatic N) is 4. The van der Waals surface area contributed by atoms with Gasteiger partial charge in [-0.15, -0.1) is 0 Å². The Morgan fingerprint density at radius 1 is 1.21 bits per heavy atom. The van der Waals surface area contributed by atoms with Crippen molar-refractivity contribution in [3.8, 4) is 5.75 Å². The molecule has 0 saturated heterocycles. The molecular weight excluding hydrogens is 368 g/mol. The zero-order chi connectivity index (χ0) is 20.6. The topological polar surface area (TPSA) is 84.1 Å². The minimum Gasteiger partial charge on any atom is -0.435 e. The number of guanidine groups is 1. The number of benzene rings is 1. The highest BCUT2D eigenvalue weighted by Crippen LogP contribution is 2.41. The number of pyridine rings is 1. The molecule has 1 unspecified atom stereocenters. The van der Waals surface area contributed by atoms with Gasteiger partial charge in [0.2, 0.25) is 0 Å². The smallest absolute Gasteiger partial charge is 0.387 e. The summed E-state index contributed by atoms with van der Waals surface area (Å²) < 4.78 is 29.7. The van der Waals surface area contributed by atoms with Crippen LogP contribution in [0.1, 0.15) is 16.7 Å². The average molecular weight is 389 g/mol. The number of aliphatic imine (C=N–C) groups is 1. The molecule has 0 fully saturated rings. The van der Waals surface area contributed by atoms with E-state index in [2.05, 4.69) is 14.7 Å². The number of likely N-dealkylation sites (N-methyl/N-ethyl adjacent to an activating group) is 1. The maximum Gasteiger partial charge on any atom is 0.387 e. The molecule has 2 heterocycles. The van der Waals surface area contributed by atoms with Crippen molar-refractivity contribution in [3.05, 3.63) is 53.2 Å². The molecule has 0 spiro atoms. The maximum atomic E-state index is 13.2. The first-order valence-corrected chi connectivity index (χ1v) is 8.50. The Hall–Kier alpha value is -3.23. The number of hydrogen-bond donors (Lipinski definition) is 1. The van der Waals surface area contributed by atoms with Gasteiger partial charge in [-0.25, -0.2) is 9.98 Å². The summed E-state index contributed by atoms with van der Waals surface area (Å²) in [5, 5.41) is 0. The number of ether oxygens (including phenoxy) is 1. The number of carbonyl (C=O) groups excluding carboxylic acids is 1. The van der Waals surface area contributed by atoms with Crippen LogP contribution >= 0.6 is 0 Å². The lowest BCUT2D eigenvalue weighted by atomic mass is 9.82. The predicted octanol–water partition coefficient (Wildman–Crippen LogP) is 2.09. The van der Waals surface area contributed by atoms with Crippen molar-refractivity contribution < 1.29 is 18.3 Å². The van der Waals surface area contributed by atoms with Crippen molar-refractivity contribution in [1.82, 2.24) is 9.88 Å². The summed E-state index contributed by atoms with van der Waals surface area (Å²) in [4.78, 5) is 25.1. The molecule has 3 rings (SSSR count). The van der Waals surface area contributed by atoms with Crippen LogP contribution in [-0.2, 0) is 10.3 Å². The molecule has 1 aromatic heterocycles. The number of halogens is 2. The monoisotopic (exact) mass is 389 g/mol. The molecule has 1 amide bonds. The van der Waals surface area contributed by atoms with E-state index in [0.717, 1.165) is 0 Å². The van der Waals surface area contributed by atoms with Gasteiger partial charge in [-0.2, -0.15) is 8.78 Å². The van der Waals surface area contributed by atoms with Crippen molar-refractivity contribution in [3.63, 3.8) is 0 Å². The molecule has 0 aliphatic carbocycles. The molecule has 9 heteroatoms. The fourth-order valence-electron chi connectivity index (χ4n) is 3.17. The van der Waals surface area contributed by atoms with Crippen LogP contribution in [0.25, 0.3) is 0 Å². The number of aromatic nitrogens is 1. The second-order valence-electron chi connectivity index (χ2n) is 6.70. The number of alkyl halides is 2. The third-order valence-corrected chi connectivity index (χ3v) is 4.67. The number of anilines is 1. The van der Waals surface area contributed by atoms with Crippen molar-refractivity contribution >= 4 is 17.7 Å². The van der Waals surface area contributed by atoms with Crippen molar-refractivity contribution in [2.75, 3.05) is 26.0 Å². The Morgan fingerprint density at radius 2 is 1.89 bits per heavy atom. The first-order valence-electron chi connectivity index (χ1n) is 8.50. The minimum atomic E-state index is -2.94. The zero-order valence-corrected chi connectivity index (χ0v) is 16.0. The summed E-state index contributed by atoms with van der Waals surface area (Å²) in [6.45, 7) is -1.31. The van der Waals surface area contributed by atoms with Gasteiger partial charge in [0.1, 0.15) is 11.6 Å². The summed E-state index contributed by atoms with van der Waals surface area (Å²) in [5.41, 5.74) is 6.05. The van der Waals surface area contributed by atoms with Gasteiger partial charge in [-0.05, 0) is 47.9 Å². The van der Waals surface area contributed by atoms with Gasteiger partial charge < -0.3 is 15.4 Å². The molecule has 2 N–H and O–H groups in total. The molecule has 1 atom stereocenters. The van der Waals surface area contributed by atoms with Crippen LogP contribution in [0.3, 0.4) is 0 Å². The Labute approximate surface area is 161 Å². The largest absolute Gasteiger partial charge is 0.435 e. The summed E-state index contributed by atoms with van der Waals surface area (Å²) in [7, 11) is 5.21. The first-order chi connectivity index (χ1) is 13.2. The number of carbonyl (C=O) groups is 1. The van der Waals surface area contributed by atoms with Crippen molar-refractivity contribution in [1.29, 1.82) is 0 Å². The van der Waals surface area contributed by atoms with E-state index in [-0.39, 0.29) is 17.6 Å². The van der Waals surface area contributed by atoms with Crippen molar-refractivity contribution in [2.45, 2.75) is 19.1 Å². The summed E-state index contributed by atoms with van der Waals surface area (Å²) in [5.74, 6) is 0.400. The van der Waals surface area contributed by atoms with Crippen LogP contribution in [0.5, 0.6) is 5.75 Å². The summed E-state index contributed by atoms with van der Waals surface area (Å²) >= 11 is 0. The van der Waals surface area contributed by atoms with E-state index in [9.17, 15) is 13.6 Å². The van der Waals surface area contributed by atoms with Crippen LogP contribution in [0, 0.1) is 6.92 Å². The predicted molar refractivity (Wildman–Crippen MR) is 102 cm³/mol. The van der Waals surface area contributed by atoms with E-state index in [1.54, 1.807) is 42.3 Å². The molecule has 28 heavy (non-hydrogen) atoms. The van der Waals surface area contributed by atoms with Crippen LogP contribution < -0.4 is 15.4 Å². The average Bonchev–Trinajstić information content (AvgIpc) is 2.88. The molecule has 2 aromatic rings. The highest BCUT2D eigenvalue weighted by atomic mass is 19.3. The fraction of sp³-hybridized carbons (Fsp3) is 0.316. The van der Waals surface area contributed by atoms with Gasteiger partial charge >= 0.3 is 6.61 Å². The number of nitrogens with two attached hydrogens (primary N) is 1. The van der Waals surface area contributed by atoms with Crippen LogP contribution in [0.2, 0.25) is 0 Å². The Kier molecular flexibility index (Phi) is 4.93. The van der Waals surface area contributed by atoms with Gasteiger partial charge in [0.15, 0.2) is 11.5 Å². The SMILES string of the molecule is Cc1cc(C2(c3ccnc(N(C)C)c3)N=C(N)N(C)C2=O)ccc1OC(F)F. The lowest BCUT2D eigenvalue weighted by Gasteiger charge is -2.27.